The Morgan fingerprint density at radius 3 is 2.71 bits per heavy atom. The Balaban J connectivity index is 2.76. The van der Waals surface area contributed by atoms with Gasteiger partial charge in [0.15, 0.2) is 0 Å². The number of hydrogen-bond acceptors (Lipinski definition) is 3. The van der Waals surface area contributed by atoms with Gasteiger partial charge in [-0.05, 0) is 12.1 Å². The highest BCUT2D eigenvalue weighted by Crippen LogP contribution is 2.29. The molecule has 0 saturated carbocycles. The number of nitrogens with zero attached hydrogens (tertiary/aromatic N) is 1. The Morgan fingerprint density at radius 2 is 2.07 bits per heavy atom. The number of carbonyl (C=O) groups is 2. The summed E-state index contributed by atoms with van der Waals surface area (Å²) in [7, 11) is 0. The van der Waals surface area contributed by atoms with Gasteiger partial charge in [0.25, 0.3) is 11.7 Å². The van der Waals surface area contributed by atoms with E-state index in [9.17, 15) is 9.59 Å². The lowest BCUT2D eigenvalue weighted by Gasteiger charge is -1.99. The van der Waals surface area contributed by atoms with Gasteiger partial charge in [-0.1, -0.05) is 15.9 Å². The number of hydrogen-bond donors (Lipinski definition) is 1. The molecule has 1 amide bonds. The quantitative estimate of drug-likeness (QED) is 0.709. The molecule has 2 rings (SSSR count). The summed E-state index contributed by atoms with van der Waals surface area (Å²) in [4.78, 5) is 22.3. The van der Waals surface area contributed by atoms with Gasteiger partial charge in [0, 0.05) is 4.47 Å². The molecule has 0 atom stereocenters. The first kappa shape index (κ1) is 8.91. The lowest BCUT2D eigenvalue weighted by Crippen LogP contribution is -2.12. The maximum atomic E-state index is 11.3. The number of amides is 1. The lowest BCUT2D eigenvalue weighted by atomic mass is 10.1. The number of fused-ring (bicyclic) bond motifs is 1. The summed E-state index contributed by atoms with van der Waals surface area (Å²) in [5.74, 6) is -1.33. The van der Waals surface area contributed by atoms with Crippen LogP contribution in [0.15, 0.2) is 16.6 Å². The minimum atomic E-state index is -0.686. The highest BCUT2D eigenvalue weighted by molar-refractivity contribution is 9.10. The van der Waals surface area contributed by atoms with E-state index in [4.69, 9.17) is 5.26 Å². The van der Waals surface area contributed by atoms with Crippen LogP contribution in [0.5, 0.6) is 0 Å². The minimum absolute atomic E-state index is 0.167. The number of halogens is 1. The zero-order chi connectivity index (χ0) is 10.3. The van der Waals surface area contributed by atoms with Gasteiger partial charge in [0.05, 0.1) is 16.8 Å². The standard InChI is InChI=1S/C9H3BrN2O2/c10-5-1-4(3-11)7-6(2-5)12-9(14)8(7)13/h1-2H,(H,12,13,14). The second kappa shape index (κ2) is 2.93. The molecule has 0 bridgehead atoms. The van der Waals surface area contributed by atoms with Crippen LogP contribution in [0.3, 0.4) is 0 Å². The van der Waals surface area contributed by atoms with Crippen LogP contribution >= 0.6 is 15.9 Å². The number of carbonyl (C=O) groups excluding carboxylic acids is 2. The van der Waals surface area contributed by atoms with E-state index in [2.05, 4.69) is 21.2 Å². The van der Waals surface area contributed by atoms with Crippen molar-refractivity contribution in [1.29, 1.82) is 5.26 Å². The second-order valence-corrected chi connectivity index (χ2v) is 3.69. The van der Waals surface area contributed by atoms with Crippen molar-refractivity contribution in [2.75, 3.05) is 5.32 Å². The Hall–Kier alpha value is -1.67. The first-order chi connectivity index (χ1) is 6.63. The van der Waals surface area contributed by atoms with E-state index < -0.39 is 11.7 Å². The molecule has 5 heteroatoms. The molecule has 1 aromatic rings. The van der Waals surface area contributed by atoms with Crippen LogP contribution in [0, 0.1) is 11.3 Å². The number of nitrogens with one attached hydrogen (secondary N) is 1. The highest BCUT2D eigenvalue weighted by atomic mass is 79.9. The monoisotopic (exact) mass is 250 g/mol. The van der Waals surface area contributed by atoms with E-state index in [1.807, 2.05) is 6.07 Å². The smallest absolute Gasteiger partial charge is 0.296 e. The van der Waals surface area contributed by atoms with Crippen molar-refractivity contribution in [2.24, 2.45) is 0 Å². The van der Waals surface area contributed by atoms with Crippen LogP contribution < -0.4 is 5.32 Å². The van der Waals surface area contributed by atoms with E-state index in [-0.39, 0.29) is 11.1 Å². The molecule has 4 nitrogen and oxygen atoms in total. The first-order valence-electron chi connectivity index (χ1n) is 3.73. The summed E-state index contributed by atoms with van der Waals surface area (Å²) in [6, 6.07) is 4.98. The third-order valence-electron chi connectivity index (χ3n) is 1.91. The van der Waals surface area contributed by atoms with Crippen molar-refractivity contribution in [1.82, 2.24) is 0 Å². The molecule has 1 aliphatic rings. The summed E-state index contributed by atoms with van der Waals surface area (Å²) in [6.45, 7) is 0. The van der Waals surface area contributed by atoms with Gasteiger partial charge in [-0.2, -0.15) is 5.26 Å². The summed E-state index contributed by atoms with van der Waals surface area (Å²) in [5.41, 5.74) is 0.768. The molecular formula is C9H3BrN2O2. The van der Waals surface area contributed by atoms with Gasteiger partial charge < -0.3 is 5.32 Å². The van der Waals surface area contributed by atoms with Crippen molar-refractivity contribution in [3.63, 3.8) is 0 Å². The second-order valence-electron chi connectivity index (χ2n) is 2.77. The summed E-state index contributed by atoms with van der Waals surface area (Å²) in [5, 5.41) is 11.2. The minimum Gasteiger partial charge on any atom is -0.318 e. The molecule has 1 heterocycles. The fourth-order valence-corrected chi connectivity index (χ4v) is 1.79. The summed E-state index contributed by atoms with van der Waals surface area (Å²) in [6.07, 6.45) is 0. The maximum Gasteiger partial charge on any atom is 0.296 e. The average molecular weight is 251 g/mol. The average Bonchev–Trinajstić information content (AvgIpc) is 2.41. The predicted octanol–water partition coefficient (Wildman–Crippen LogP) is 1.46. The summed E-state index contributed by atoms with van der Waals surface area (Å²) < 4.78 is 0.655. The van der Waals surface area contributed by atoms with Gasteiger partial charge in [-0.15, -0.1) is 0 Å². The molecule has 1 N–H and O–H groups in total. The number of nitriles is 1. The van der Waals surface area contributed by atoms with Crippen LogP contribution in [0.1, 0.15) is 15.9 Å². The fraction of sp³-hybridized carbons (Fsp3) is 0. The largest absolute Gasteiger partial charge is 0.318 e. The number of Topliss-reactive ketones (excluding diaryl/α,β-unsaturated/α-hetero) is 1. The fourth-order valence-electron chi connectivity index (χ4n) is 1.33. The molecular weight excluding hydrogens is 248 g/mol. The summed E-state index contributed by atoms with van der Waals surface area (Å²) >= 11 is 3.18. The van der Waals surface area contributed by atoms with Crippen molar-refractivity contribution in [2.45, 2.75) is 0 Å². The molecule has 0 spiro atoms. The highest BCUT2D eigenvalue weighted by Gasteiger charge is 2.31. The molecule has 68 valence electrons. The van der Waals surface area contributed by atoms with E-state index in [1.165, 1.54) is 6.07 Å². The SMILES string of the molecule is N#Cc1cc(Br)cc2c1C(=O)C(=O)N2. The Labute approximate surface area is 87.7 Å². The molecule has 0 aliphatic carbocycles. The van der Waals surface area contributed by atoms with E-state index in [0.717, 1.165) is 0 Å². The number of ketones is 1. The predicted molar refractivity (Wildman–Crippen MR) is 51.8 cm³/mol. The van der Waals surface area contributed by atoms with Gasteiger partial charge in [0.2, 0.25) is 0 Å². The maximum absolute atomic E-state index is 11.3. The van der Waals surface area contributed by atoms with E-state index in [1.54, 1.807) is 6.07 Å². The molecule has 1 aliphatic heterocycles. The zero-order valence-electron chi connectivity index (χ0n) is 6.80. The molecule has 0 radical (unpaired) electrons. The van der Waals surface area contributed by atoms with E-state index >= 15 is 0 Å². The molecule has 0 saturated heterocycles. The van der Waals surface area contributed by atoms with Crippen LogP contribution in [-0.4, -0.2) is 11.7 Å². The molecule has 14 heavy (non-hydrogen) atoms. The molecule has 0 fully saturated rings. The van der Waals surface area contributed by atoms with Crippen molar-refractivity contribution < 1.29 is 9.59 Å². The van der Waals surface area contributed by atoms with Crippen LogP contribution in [0.2, 0.25) is 0 Å². The Kier molecular flexibility index (Phi) is 1.86. The number of anilines is 1. The molecule has 1 aromatic carbocycles. The number of rotatable bonds is 0. The van der Waals surface area contributed by atoms with Crippen molar-refractivity contribution >= 4 is 33.3 Å². The lowest BCUT2D eigenvalue weighted by molar-refractivity contribution is -0.112. The van der Waals surface area contributed by atoms with Crippen LogP contribution in [-0.2, 0) is 4.79 Å². The van der Waals surface area contributed by atoms with Gasteiger partial charge in [-0.3, -0.25) is 9.59 Å². The van der Waals surface area contributed by atoms with Gasteiger partial charge in [0.1, 0.15) is 6.07 Å². The first-order valence-corrected chi connectivity index (χ1v) is 4.52. The third kappa shape index (κ3) is 1.12. The molecule has 0 aromatic heterocycles. The van der Waals surface area contributed by atoms with Crippen molar-refractivity contribution in [3.8, 4) is 6.07 Å². The molecule has 0 unspecified atom stereocenters. The van der Waals surface area contributed by atoms with Crippen molar-refractivity contribution in [3.05, 3.63) is 27.7 Å². The van der Waals surface area contributed by atoms with Crippen LogP contribution in [0.25, 0.3) is 0 Å². The van der Waals surface area contributed by atoms with Gasteiger partial charge >= 0.3 is 0 Å². The number of benzene rings is 1. The third-order valence-corrected chi connectivity index (χ3v) is 2.36. The van der Waals surface area contributed by atoms with E-state index in [0.29, 0.717) is 10.2 Å². The Bertz CT molecular complexity index is 502. The van der Waals surface area contributed by atoms with Gasteiger partial charge in [-0.25, -0.2) is 0 Å². The Morgan fingerprint density at radius 1 is 1.36 bits per heavy atom. The van der Waals surface area contributed by atoms with Crippen LogP contribution in [0.4, 0.5) is 5.69 Å². The zero-order valence-corrected chi connectivity index (χ0v) is 8.38. The topological polar surface area (TPSA) is 70.0 Å². The normalized spacial score (nSPS) is 13.4.